The lowest BCUT2D eigenvalue weighted by Gasteiger charge is -2.21. The molecule has 5 nitrogen and oxygen atoms in total. The molecule has 1 amide bonds. The van der Waals surface area contributed by atoms with Crippen molar-refractivity contribution in [2.45, 2.75) is 31.4 Å². The minimum Gasteiger partial charge on any atom is -0.493 e. The van der Waals surface area contributed by atoms with Crippen LogP contribution in [0.5, 0.6) is 0 Å². The van der Waals surface area contributed by atoms with Crippen molar-refractivity contribution in [2.24, 2.45) is 11.8 Å². The Morgan fingerprint density at radius 2 is 2.11 bits per heavy atom. The highest BCUT2D eigenvalue weighted by atomic mass is 19.4. The lowest BCUT2D eigenvalue weighted by molar-refractivity contribution is -0.141. The van der Waals surface area contributed by atoms with Gasteiger partial charge in [0.2, 0.25) is 11.7 Å². The van der Waals surface area contributed by atoms with Gasteiger partial charge in [-0.3, -0.25) is 14.6 Å². The molecule has 1 fully saturated rings. The van der Waals surface area contributed by atoms with Crippen LogP contribution in [0.4, 0.5) is 13.2 Å². The van der Waals surface area contributed by atoms with Gasteiger partial charge in [-0.05, 0) is 30.0 Å². The zero-order valence-corrected chi connectivity index (χ0v) is 15.3. The Morgan fingerprint density at radius 1 is 1.36 bits per heavy atom. The molecule has 0 saturated heterocycles. The Bertz CT molecular complexity index is 796. The summed E-state index contributed by atoms with van der Waals surface area (Å²) in [4.78, 5) is 28.2. The molecular weight excluding hydrogens is 373 g/mol. The lowest BCUT2D eigenvalue weighted by Crippen LogP contribution is -2.38. The molecule has 2 aliphatic rings. The van der Waals surface area contributed by atoms with Crippen molar-refractivity contribution in [1.29, 1.82) is 0 Å². The van der Waals surface area contributed by atoms with Crippen LogP contribution in [0.3, 0.4) is 0 Å². The van der Waals surface area contributed by atoms with Crippen molar-refractivity contribution in [2.75, 3.05) is 13.7 Å². The summed E-state index contributed by atoms with van der Waals surface area (Å²) in [6, 6.07) is 2.37. The van der Waals surface area contributed by atoms with Crippen molar-refractivity contribution in [3.05, 3.63) is 53.6 Å². The van der Waals surface area contributed by atoms with E-state index in [1.165, 1.54) is 31.5 Å². The summed E-state index contributed by atoms with van der Waals surface area (Å²) < 4.78 is 43.1. The number of aromatic nitrogens is 1. The average molecular weight is 394 g/mol. The average Bonchev–Trinajstić information content (AvgIpc) is 3.48. The van der Waals surface area contributed by atoms with E-state index in [4.69, 9.17) is 4.74 Å². The molecule has 0 radical (unpaired) electrons. The molecule has 0 spiro atoms. The predicted molar refractivity (Wildman–Crippen MR) is 95.1 cm³/mol. The quantitative estimate of drug-likeness (QED) is 0.720. The summed E-state index contributed by atoms with van der Waals surface area (Å²) >= 11 is 0. The van der Waals surface area contributed by atoms with Gasteiger partial charge in [-0.15, -0.1) is 0 Å². The van der Waals surface area contributed by atoms with Crippen LogP contribution in [0, 0.1) is 11.8 Å². The molecule has 1 aromatic rings. The molecular formula is C20H21F3N2O3. The van der Waals surface area contributed by atoms with Gasteiger partial charge in [0.05, 0.1) is 7.11 Å². The second-order valence-corrected chi connectivity index (χ2v) is 7.06. The van der Waals surface area contributed by atoms with E-state index in [1.807, 2.05) is 0 Å². The fourth-order valence-corrected chi connectivity index (χ4v) is 3.19. The molecule has 8 heteroatoms. The van der Waals surface area contributed by atoms with Gasteiger partial charge in [-0.2, -0.15) is 13.2 Å². The summed E-state index contributed by atoms with van der Waals surface area (Å²) in [7, 11) is 1.36. The second-order valence-electron chi connectivity index (χ2n) is 7.06. The molecule has 0 bridgehead atoms. The topological polar surface area (TPSA) is 68.3 Å². The first kappa shape index (κ1) is 20.1. The minimum absolute atomic E-state index is 0.115. The van der Waals surface area contributed by atoms with Gasteiger partial charge in [-0.1, -0.05) is 31.1 Å². The summed E-state index contributed by atoms with van der Waals surface area (Å²) in [5.74, 6) is -1.38. The van der Waals surface area contributed by atoms with Gasteiger partial charge in [0.25, 0.3) is 0 Å². The van der Waals surface area contributed by atoms with Gasteiger partial charge in [0, 0.05) is 18.7 Å². The van der Waals surface area contributed by atoms with Crippen LogP contribution in [0.1, 0.15) is 36.4 Å². The Hall–Kier alpha value is -2.64. The highest BCUT2D eigenvalue weighted by molar-refractivity contribution is 6.11. The first-order chi connectivity index (χ1) is 13.3. The summed E-state index contributed by atoms with van der Waals surface area (Å²) in [5, 5.41) is 2.76. The molecule has 1 aromatic heterocycles. The Morgan fingerprint density at radius 3 is 2.68 bits per heavy atom. The Labute approximate surface area is 160 Å². The highest BCUT2D eigenvalue weighted by Crippen LogP contribution is 2.38. The maximum Gasteiger partial charge on any atom is 0.433 e. The van der Waals surface area contributed by atoms with E-state index in [0.717, 1.165) is 25.3 Å². The van der Waals surface area contributed by atoms with E-state index in [0.29, 0.717) is 11.5 Å². The van der Waals surface area contributed by atoms with E-state index >= 15 is 0 Å². The second kappa shape index (κ2) is 8.16. The molecule has 2 atom stereocenters. The van der Waals surface area contributed by atoms with Crippen molar-refractivity contribution >= 4 is 11.7 Å². The van der Waals surface area contributed by atoms with Gasteiger partial charge in [0.15, 0.2) is 5.76 Å². The molecule has 0 aromatic carbocycles. The number of amides is 1. The smallest absolute Gasteiger partial charge is 0.433 e. The minimum atomic E-state index is -4.49. The molecule has 1 N–H and O–H groups in total. The van der Waals surface area contributed by atoms with Crippen LogP contribution in [-0.2, 0) is 20.5 Å². The maximum atomic E-state index is 12.7. The Kier molecular flexibility index (Phi) is 5.86. The molecule has 1 saturated carbocycles. The van der Waals surface area contributed by atoms with E-state index in [2.05, 4.69) is 10.3 Å². The van der Waals surface area contributed by atoms with Crippen molar-refractivity contribution in [3.8, 4) is 0 Å². The molecule has 2 aliphatic carbocycles. The number of allylic oxidation sites excluding steroid dienone is 3. The number of hydrogen-bond acceptors (Lipinski definition) is 4. The van der Waals surface area contributed by atoms with Crippen LogP contribution >= 0.6 is 0 Å². The van der Waals surface area contributed by atoms with Gasteiger partial charge >= 0.3 is 6.18 Å². The first-order valence-corrected chi connectivity index (χ1v) is 9.07. The number of ether oxygens (including phenoxy) is 1. The zero-order chi connectivity index (χ0) is 20.3. The standard InChI is InChI=1S/C20H21F3N2O3/c1-28-16-4-2-3-15(18(16)26)19(27)25-11-14(9-12-5-6-12)13-7-8-17(24-10-13)20(21,22)23/h2-4,7-8,10,12,14-15H,5-6,9,11H2,1H3,(H,25,27). The number of hydrogen-bond donors (Lipinski definition) is 1. The number of alkyl halides is 3. The third kappa shape index (κ3) is 4.79. The molecule has 28 heavy (non-hydrogen) atoms. The SMILES string of the molecule is COC1=CC=CC(C(=O)NCC(CC2CC2)c2ccc(C(F)(F)F)nc2)C1=O. The molecule has 3 rings (SSSR count). The molecule has 2 unspecified atom stereocenters. The normalized spacial score (nSPS) is 20.5. The number of carbonyl (C=O) groups is 2. The number of Topliss-reactive ketones (excluding diaryl/α,β-unsaturated/α-hetero) is 1. The summed E-state index contributed by atoms with van der Waals surface area (Å²) in [6.45, 7) is 0.228. The largest absolute Gasteiger partial charge is 0.493 e. The number of methoxy groups -OCH3 is 1. The van der Waals surface area contributed by atoms with Crippen molar-refractivity contribution < 1.29 is 27.5 Å². The molecule has 1 heterocycles. The van der Waals surface area contributed by atoms with Crippen molar-refractivity contribution in [3.63, 3.8) is 0 Å². The zero-order valence-electron chi connectivity index (χ0n) is 15.3. The van der Waals surface area contributed by atoms with Gasteiger partial charge in [0.1, 0.15) is 11.6 Å². The molecule has 150 valence electrons. The van der Waals surface area contributed by atoms with E-state index in [9.17, 15) is 22.8 Å². The summed E-state index contributed by atoms with van der Waals surface area (Å²) in [6.07, 6.45) is 4.22. The number of ketones is 1. The predicted octanol–water partition coefficient (Wildman–Crippen LogP) is 3.39. The van der Waals surface area contributed by atoms with Crippen molar-refractivity contribution in [1.82, 2.24) is 10.3 Å². The number of pyridine rings is 1. The first-order valence-electron chi connectivity index (χ1n) is 9.07. The third-order valence-corrected chi connectivity index (χ3v) is 4.96. The lowest BCUT2D eigenvalue weighted by atomic mass is 9.93. The molecule has 0 aliphatic heterocycles. The number of halogens is 3. The van der Waals surface area contributed by atoms with Gasteiger partial charge in [-0.25, -0.2) is 0 Å². The van der Waals surface area contributed by atoms with Crippen LogP contribution in [0.2, 0.25) is 0 Å². The van der Waals surface area contributed by atoms with Gasteiger partial charge < -0.3 is 10.1 Å². The number of nitrogens with zero attached hydrogens (tertiary/aromatic N) is 1. The fourth-order valence-electron chi connectivity index (χ4n) is 3.19. The summed E-state index contributed by atoms with van der Waals surface area (Å²) in [5.41, 5.74) is -0.300. The van der Waals surface area contributed by atoms with Crippen LogP contribution in [-0.4, -0.2) is 30.3 Å². The third-order valence-electron chi connectivity index (χ3n) is 4.96. The number of nitrogens with one attached hydrogen (secondary N) is 1. The van der Waals surface area contributed by atoms with E-state index < -0.39 is 29.5 Å². The highest BCUT2D eigenvalue weighted by Gasteiger charge is 2.34. The fraction of sp³-hybridized carbons (Fsp3) is 0.450. The van der Waals surface area contributed by atoms with E-state index in [-0.39, 0.29) is 18.2 Å². The van der Waals surface area contributed by atoms with Crippen LogP contribution in [0.25, 0.3) is 0 Å². The monoisotopic (exact) mass is 394 g/mol. The van der Waals surface area contributed by atoms with E-state index in [1.54, 1.807) is 6.08 Å². The van der Waals surface area contributed by atoms with Crippen LogP contribution in [0.15, 0.2) is 42.3 Å². The number of carbonyl (C=O) groups excluding carboxylic acids is 2. The maximum absolute atomic E-state index is 12.7. The Balaban J connectivity index is 1.66. The number of rotatable bonds is 7. The van der Waals surface area contributed by atoms with Crippen LogP contribution < -0.4 is 5.32 Å².